The van der Waals surface area contributed by atoms with Gasteiger partial charge in [-0.25, -0.2) is 4.68 Å². The molecule has 2 aromatic rings. The number of rotatable bonds is 2. The topological polar surface area (TPSA) is 64.2 Å². The monoisotopic (exact) mass is 410 g/mol. The number of nitrogens with zero attached hydrogens (tertiary/aromatic N) is 3. The number of benzene rings is 1. The Morgan fingerprint density at radius 1 is 1.33 bits per heavy atom. The summed E-state index contributed by atoms with van der Waals surface area (Å²) in [5, 5.41) is 4.68. The molecular weight excluding hydrogens is 392 g/mol. The van der Waals surface area contributed by atoms with Crippen molar-refractivity contribution in [3.05, 3.63) is 45.7 Å². The molecule has 0 radical (unpaired) electrons. The standard InChI is InChI=1S/C17H19BrN4O.ClH/c18-11-3-1-4-13(9-11)22-15-6-2-5-14(15)16(20-22)17(23)21-8-7-12(19)10-21;/h1,3-4,9,12H,2,5-8,10,19H2;1H/t12-;/m1./s1. The number of hydrogen-bond acceptors (Lipinski definition) is 3. The minimum atomic E-state index is 0. The normalized spacial score (nSPS) is 19.2. The maximum absolute atomic E-state index is 12.8. The molecule has 2 heterocycles. The Balaban J connectivity index is 0.00000169. The molecule has 1 aliphatic heterocycles. The highest BCUT2D eigenvalue weighted by molar-refractivity contribution is 9.10. The molecule has 24 heavy (non-hydrogen) atoms. The smallest absolute Gasteiger partial charge is 0.274 e. The van der Waals surface area contributed by atoms with Gasteiger partial charge in [-0.2, -0.15) is 5.10 Å². The van der Waals surface area contributed by atoms with Crippen molar-refractivity contribution in [2.45, 2.75) is 31.7 Å². The van der Waals surface area contributed by atoms with Gasteiger partial charge in [0, 0.05) is 34.9 Å². The van der Waals surface area contributed by atoms with Crippen molar-refractivity contribution >= 4 is 34.2 Å². The van der Waals surface area contributed by atoms with Crippen molar-refractivity contribution in [2.24, 2.45) is 5.73 Å². The van der Waals surface area contributed by atoms with Gasteiger partial charge in [-0.15, -0.1) is 12.4 Å². The van der Waals surface area contributed by atoms with Gasteiger partial charge in [0.1, 0.15) is 0 Å². The van der Waals surface area contributed by atoms with Gasteiger partial charge < -0.3 is 10.6 Å². The predicted octanol–water partition coefficient (Wildman–Crippen LogP) is 2.72. The molecule has 2 aliphatic rings. The van der Waals surface area contributed by atoms with E-state index in [0.29, 0.717) is 12.2 Å². The van der Waals surface area contributed by atoms with Crippen molar-refractivity contribution in [2.75, 3.05) is 13.1 Å². The van der Waals surface area contributed by atoms with Gasteiger partial charge in [0.15, 0.2) is 5.69 Å². The first-order chi connectivity index (χ1) is 11.1. The van der Waals surface area contributed by atoms with E-state index < -0.39 is 0 Å². The lowest BCUT2D eigenvalue weighted by Gasteiger charge is -2.14. The number of halogens is 2. The average molecular weight is 412 g/mol. The number of fused-ring (bicyclic) bond motifs is 1. The fraction of sp³-hybridized carbons (Fsp3) is 0.412. The molecule has 1 aromatic carbocycles. The zero-order chi connectivity index (χ0) is 16.0. The molecule has 0 saturated carbocycles. The molecule has 1 fully saturated rings. The first kappa shape index (κ1) is 17.5. The number of likely N-dealkylation sites (tertiary alicyclic amines) is 1. The second kappa shape index (κ2) is 6.86. The third-order valence-electron chi connectivity index (χ3n) is 4.70. The van der Waals surface area contributed by atoms with Gasteiger partial charge in [-0.05, 0) is 43.9 Å². The lowest BCUT2D eigenvalue weighted by Crippen LogP contribution is -2.32. The molecule has 1 aromatic heterocycles. The van der Waals surface area contributed by atoms with E-state index in [9.17, 15) is 4.79 Å². The Labute approximate surface area is 155 Å². The average Bonchev–Trinajstić information content (AvgIpc) is 3.22. The summed E-state index contributed by atoms with van der Waals surface area (Å²) in [6.45, 7) is 1.37. The largest absolute Gasteiger partial charge is 0.336 e. The molecule has 2 N–H and O–H groups in total. The summed E-state index contributed by atoms with van der Waals surface area (Å²) < 4.78 is 2.95. The number of hydrogen-bond donors (Lipinski definition) is 1. The van der Waals surface area contributed by atoms with E-state index >= 15 is 0 Å². The zero-order valence-corrected chi connectivity index (χ0v) is 15.6. The SMILES string of the molecule is Cl.N[C@@H]1CCN(C(=O)c2nn(-c3cccc(Br)c3)c3c2CCC3)C1. The maximum atomic E-state index is 12.8. The van der Waals surface area contributed by atoms with Crippen LogP contribution in [0.3, 0.4) is 0 Å². The predicted molar refractivity (Wildman–Crippen MR) is 99.0 cm³/mol. The Kier molecular flexibility index (Phi) is 4.99. The van der Waals surface area contributed by atoms with E-state index in [1.54, 1.807) is 0 Å². The number of amides is 1. The summed E-state index contributed by atoms with van der Waals surface area (Å²) in [6.07, 6.45) is 3.87. The third-order valence-corrected chi connectivity index (χ3v) is 5.19. The van der Waals surface area contributed by atoms with E-state index in [1.165, 1.54) is 5.69 Å². The molecule has 1 atom stereocenters. The van der Waals surface area contributed by atoms with Crippen molar-refractivity contribution < 1.29 is 4.79 Å². The number of carbonyl (C=O) groups is 1. The number of aromatic nitrogens is 2. The Morgan fingerprint density at radius 2 is 2.17 bits per heavy atom. The minimum absolute atomic E-state index is 0. The van der Waals surface area contributed by atoms with E-state index in [-0.39, 0.29) is 24.4 Å². The Bertz CT molecular complexity index is 776. The zero-order valence-electron chi connectivity index (χ0n) is 13.2. The van der Waals surface area contributed by atoms with Crippen LogP contribution in [0.15, 0.2) is 28.7 Å². The maximum Gasteiger partial charge on any atom is 0.274 e. The van der Waals surface area contributed by atoms with E-state index in [0.717, 1.165) is 48.0 Å². The molecular formula is C17H20BrClN4O. The fourth-order valence-electron chi connectivity index (χ4n) is 3.55. The van der Waals surface area contributed by atoms with E-state index in [1.807, 2.05) is 33.8 Å². The van der Waals surface area contributed by atoms with Crippen molar-refractivity contribution in [1.29, 1.82) is 0 Å². The highest BCUT2D eigenvalue weighted by Gasteiger charge is 2.32. The summed E-state index contributed by atoms with van der Waals surface area (Å²) in [4.78, 5) is 14.7. The van der Waals surface area contributed by atoms with Crippen molar-refractivity contribution in [1.82, 2.24) is 14.7 Å². The van der Waals surface area contributed by atoms with Crippen LogP contribution < -0.4 is 5.73 Å². The summed E-state index contributed by atoms with van der Waals surface area (Å²) in [5.74, 6) is 0.0323. The van der Waals surface area contributed by atoms with Crippen LogP contribution in [0.2, 0.25) is 0 Å². The van der Waals surface area contributed by atoms with Gasteiger partial charge in [-0.3, -0.25) is 4.79 Å². The van der Waals surface area contributed by atoms with Gasteiger partial charge in [0.2, 0.25) is 0 Å². The van der Waals surface area contributed by atoms with Crippen LogP contribution in [-0.4, -0.2) is 39.7 Å². The van der Waals surface area contributed by atoms with Crippen LogP contribution in [0.4, 0.5) is 0 Å². The summed E-state index contributed by atoms with van der Waals surface area (Å²) >= 11 is 3.51. The molecule has 1 amide bonds. The number of nitrogens with two attached hydrogens (primary N) is 1. The quantitative estimate of drug-likeness (QED) is 0.826. The van der Waals surface area contributed by atoms with Gasteiger partial charge in [0.25, 0.3) is 5.91 Å². The second-order valence-electron chi connectivity index (χ2n) is 6.32. The molecule has 7 heteroatoms. The highest BCUT2D eigenvalue weighted by Crippen LogP contribution is 2.29. The molecule has 4 rings (SSSR count). The molecule has 0 bridgehead atoms. The number of carbonyl (C=O) groups excluding carboxylic acids is 1. The van der Waals surface area contributed by atoms with Crippen LogP contribution in [-0.2, 0) is 12.8 Å². The Morgan fingerprint density at radius 3 is 2.88 bits per heavy atom. The first-order valence-corrected chi connectivity index (χ1v) is 8.84. The van der Waals surface area contributed by atoms with Crippen LogP contribution >= 0.6 is 28.3 Å². The van der Waals surface area contributed by atoms with Crippen molar-refractivity contribution in [3.8, 4) is 5.69 Å². The molecule has 0 unspecified atom stereocenters. The van der Waals surface area contributed by atoms with Gasteiger partial charge in [0.05, 0.1) is 5.69 Å². The fourth-order valence-corrected chi connectivity index (χ4v) is 3.94. The highest BCUT2D eigenvalue weighted by atomic mass is 79.9. The molecule has 0 spiro atoms. The van der Waals surface area contributed by atoms with Crippen LogP contribution in [0.1, 0.15) is 34.6 Å². The third kappa shape index (κ3) is 2.98. The summed E-state index contributed by atoms with van der Waals surface area (Å²) in [5.41, 5.74) is 9.85. The van der Waals surface area contributed by atoms with Crippen LogP contribution in [0, 0.1) is 0 Å². The van der Waals surface area contributed by atoms with Gasteiger partial charge in [-0.1, -0.05) is 22.0 Å². The van der Waals surface area contributed by atoms with Crippen LogP contribution in [0.5, 0.6) is 0 Å². The lowest BCUT2D eigenvalue weighted by molar-refractivity contribution is 0.0783. The van der Waals surface area contributed by atoms with E-state index in [2.05, 4.69) is 21.0 Å². The summed E-state index contributed by atoms with van der Waals surface area (Å²) in [7, 11) is 0. The summed E-state index contributed by atoms with van der Waals surface area (Å²) in [6, 6.07) is 8.13. The molecule has 1 saturated heterocycles. The molecule has 5 nitrogen and oxygen atoms in total. The molecule has 128 valence electrons. The minimum Gasteiger partial charge on any atom is -0.336 e. The van der Waals surface area contributed by atoms with Gasteiger partial charge >= 0.3 is 0 Å². The lowest BCUT2D eigenvalue weighted by atomic mass is 10.2. The van der Waals surface area contributed by atoms with Crippen molar-refractivity contribution in [3.63, 3.8) is 0 Å². The van der Waals surface area contributed by atoms with Crippen LogP contribution in [0.25, 0.3) is 5.69 Å². The first-order valence-electron chi connectivity index (χ1n) is 8.05. The second-order valence-corrected chi connectivity index (χ2v) is 7.23. The molecule has 1 aliphatic carbocycles. The van der Waals surface area contributed by atoms with E-state index in [4.69, 9.17) is 5.73 Å². The Hall–Kier alpha value is -1.37.